The van der Waals surface area contributed by atoms with Crippen LogP contribution in [0.5, 0.6) is 0 Å². The van der Waals surface area contributed by atoms with Crippen molar-refractivity contribution in [2.24, 2.45) is 5.92 Å². The molecular weight excluding hydrogens is 244 g/mol. The van der Waals surface area contributed by atoms with E-state index in [0.717, 1.165) is 12.2 Å². The first-order valence-electron chi connectivity index (χ1n) is 7.02. The molecule has 2 rings (SSSR count). The molecule has 1 heterocycles. The van der Waals surface area contributed by atoms with Crippen molar-refractivity contribution in [1.29, 1.82) is 0 Å². The summed E-state index contributed by atoms with van der Waals surface area (Å²) in [6.07, 6.45) is 3.15. The van der Waals surface area contributed by atoms with Crippen LogP contribution in [0.25, 0.3) is 0 Å². The van der Waals surface area contributed by atoms with Crippen molar-refractivity contribution in [2.45, 2.75) is 52.6 Å². The van der Waals surface area contributed by atoms with Gasteiger partial charge in [-0.1, -0.05) is 6.92 Å². The molecule has 1 saturated carbocycles. The Morgan fingerprint density at radius 1 is 1.53 bits per heavy atom. The van der Waals surface area contributed by atoms with Gasteiger partial charge in [-0.15, -0.1) is 0 Å². The molecule has 1 N–H and O–H groups in total. The van der Waals surface area contributed by atoms with Crippen LogP contribution in [0.3, 0.4) is 0 Å². The molecule has 0 bridgehead atoms. The van der Waals surface area contributed by atoms with Crippen LogP contribution in [0, 0.1) is 23.0 Å². The van der Waals surface area contributed by atoms with Gasteiger partial charge in [0.15, 0.2) is 0 Å². The fraction of sp³-hybridized carbons (Fsp3) is 0.769. The lowest BCUT2D eigenvalue weighted by atomic mass is 10.1. The number of nitrogens with zero attached hydrogens (tertiary/aromatic N) is 3. The summed E-state index contributed by atoms with van der Waals surface area (Å²) in [6, 6.07) is 0.338. The molecule has 0 saturated heterocycles. The summed E-state index contributed by atoms with van der Waals surface area (Å²) >= 11 is 0. The summed E-state index contributed by atoms with van der Waals surface area (Å²) in [6.45, 7) is 7.33. The van der Waals surface area contributed by atoms with E-state index in [1.54, 1.807) is 11.6 Å². The van der Waals surface area contributed by atoms with Crippen molar-refractivity contribution < 1.29 is 4.92 Å². The molecule has 1 aromatic heterocycles. The monoisotopic (exact) mass is 266 g/mol. The van der Waals surface area contributed by atoms with E-state index >= 15 is 0 Å². The molecule has 0 aliphatic heterocycles. The third-order valence-corrected chi connectivity index (χ3v) is 3.75. The van der Waals surface area contributed by atoms with E-state index in [4.69, 9.17) is 0 Å². The molecule has 0 spiro atoms. The average molecular weight is 266 g/mol. The Bertz CT molecular complexity index is 465. The van der Waals surface area contributed by atoms with Gasteiger partial charge >= 0.3 is 5.69 Å². The zero-order valence-corrected chi connectivity index (χ0v) is 11.8. The van der Waals surface area contributed by atoms with Crippen LogP contribution in [0.15, 0.2) is 0 Å². The summed E-state index contributed by atoms with van der Waals surface area (Å²) in [5.41, 5.74) is 1.49. The normalized spacial score (nSPS) is 16.6. The summed E-state index contributed by atoms with van der Waals surface area (Å²) in [5, 5.41) is 19.0. The second kappa shape index (κ2) is 5.69. The van der Waals surface area contributed by atoms with Crippen LogP contribution in [0.2, 0.25) is 0 Å². The maximum absolute atomic E-state index is 11.2. The van der Waals surface area contributed by atoms with E-state index in [1.165, 1.54) is 12.8 Å². The van der Waals surface area contributed by atoms with Gasteiger partial charge in [0.1, 0.15) is 11.4 Å². The van der Waals surface area contributed by atoms with E-state index in [9.17, 15) is 10.1 Å². The second-order valence-electron chi connectivity index (χ2n) is 5.16. The standard InChI is InChI=1S/C13H22N4O2/c1-4-14-11(10-6-7-10)8-12-13(17(18)19)9(3)15-16(12)5-2/h10-11,14H,4-8H2,1-3H3. The Labute approximate surface area is 113 Å². The lowest BCUT2D eigenvalue weighted by Gasteiger charge is -2.17. The Kier molecular flexibility index (Phi) is 4.19. The number of hydrogen-bond acceptors (Lipinski definition) is 4. The molecule has 19 heavy (non-hydrogen) atoms. The summed E-state index contributed by atoms with van der Waals surface area (Å²) in [4.78, 5) is 10.9. The average Bonchev–Trinajstić information content (AvgIpc) is 3.13. The quantitative estimate of drug-likeness (QED) is 0.605. The lowest BCUT2D eigenvalue weighted by molar-refractivity contribution is -0.386. The predicted molar refractivity (Wildman–Crippen MR) is 73.2 cm³/mol. The van der Waals surface area contributed by atoms with Crippen molar-refractivity contribution >= 4 is 5.69 Å². The van der Waals surface area contributed by atoms with Crippen LogP contribution in [-0.4, -0.2) is 27.3 Å². The minimum Gasteiger partial charge on any atom is -0.314 e. The molecule has 6 heteroatoms. The summed E-state index contributed by atoms with van der Waals surface area (Å²) < 4.78 is 1.78. The van der Waals surface area contributed by atoms with Crippen molar-refractivity contribution in [1.82, 2.24) is 15.1 Å². The molecule has 1 aliphatic carbocycles. The van der Waals surface area contributed by atoms with Gasteiger partial charge < -0.3 is 5.32 Å². The number of aromatic nitrogens is 2. The summed E-state index contributed by atoms with van der Waals surface area (Å²) in [5.74, 6) is 0.667. The smallest absolute Gasteiger partial charge is 0.313 e. The van der Waals surface area contributed by atoms with Gasteiger partial charge in [-0.05, 0) is 39.2 Å². The highest BCUT2D eigenvalue weighted by Crippen LogP contribution is 2.35. The van der Waals surface area contributed by atoms with Gasteiger partial charge in [0.25, 0.3) is 0 Å². The Morgan fingerprint density at radius 3 is 2.68 bits per heavy atom. The van der Waals surface area contributed by atoms with E-state index in [-0.39, 0.29) is 10.6 Å². The van der Waals surface area contributed by atoms with Crippen LogP contribution in [0.4, 0.5) is 5.69 Å². The van der Waals surface area contributed by atoms with Crippen LogP contribution < -0.4 is 5.32 Å². The van der Waals surface area contributed by atoms with Crippen molar-refractivity contribution in [3.8, 4) is 0 Å². The van der Waals surface area contributed by atoms with Gasteiger partial charge in [0, 0.05) is 19.0 Å². The molecule has 1 fully saturated rings. The van der Waals surface area contributed by atoms with Crippen LogP contribution in [-0.2, 0) is 13.0 Å². The lowest BCUT2D eigenvalue weighted by Crippen LogP contribution is -2.33. The third kappa shape index (κ3) is 2.94. The highest BCUT2D eigenvalue weighted by Gasteiger charge is 2.34. The Balaban J connectivity index is 2.28. The predicted octanol–water partition coefficient (Wildman–Crippen LogP) is 2.05. The van der Waals surface area contributed by atoms with E-state index in [2.05, 4.69) is 17.3 Å². The number of rotatable bonds is 7. The molecule has 6 nitrogen and oxygen atoms in total. The molecule has 1 atom stereocenters. The van der Waals surface area contributed by atoms with E-state index < -0.39 is 0 Å². The number of nitrogens with one attached hydrogen (secondary N) is 1. The van der Waals surface area contributed by atoms with Crippen LogP contribution in [0.1, 0.15) is 38.1 Å². The van der Waals surface area contributed by atoms with Gasteiger partial charge in [0.2, 0.25) is 0 Å². The maximum atomic E-state index is 11.2. The van der Waals surface area contributed by atoms with Crippen molar-refractivity contribution in [3.05, 3.63) is 21.5 Å². The molecule has 0 radical (unpaired) electrons. The van der Waals surface area contributed by atoms with Gasteiger partial charge in [-0.2, -0.15) is 5.10 Å². The first kappa shape index (κ1) is 14.0. The van der Waals surface area contributed by atoms with Crippen LogP contribution >= 0.6 is 0 Å². The molecule has 0 amide bonds. The number of aryl methyl sites for hydroxylation is 2. The minimum absolute atomic E-state index is 0.199. The van der Waals surface area contributed by atoms with E-state index in [1.807, 2.05) is 6.92 Å². The van der Waals surface area contributed by atoms with Crippen molar-refractivity contribution in [3.63, 3.8) is 0 Å². The zero-order chi connectivity index (χ0) is 14.0. The minimum atomic E-state index is -0.292. The summed E-state index contributed by atoms with van der Waals surface area (Å²) in [7, 11) is 0. The Morgan fingerprint density at radius 2 is 2.21 bits per heavy atom. The molecule has 0 aromatic carbocycles. The SMILES string of the molecule is CCNC(Cc1c([N+](=O)[O-])c(C)nn1CC)C1CC1. The molecule has 106 valence electrons. The van der Waals surface area contributed by atoms with E-state index in [0.29, 0.717) is 30.6 Å². The third-order valence-electron chi connectivity index (χ3n) is 3.75. The Hall–Kier alpha value is -1.43. The van der Waals surface area contributed by atoms with Crippen molar-refractivity contribution in [2.75, 3.05) is 6.54 Å². The maximum Gasteiger partial charge on any atom is 0.313 e. The highest BCUT2D eigenvalue weighted by molar-refractivity contribution is 5.41. The highest BCUT2D eigenvalue weighted by atomic mass is 16.6. The number of likely N-dealkylation sites (N-methyl/N-ethyl adjacent to an activating group) is 1. The molecule has 1 aliphatic rings. The fourth-order valence-corrected chi connectivity index (χ4v) is 2.70. The van der Waals surface area contributed by atoms with Gasteiger partial charge in [0.05, 0.1) is 4.92 Å². The number of hydrogen-bond donors (Lipinski definition) is 1. The molecule has 1 unspecified atom stereocenters. The second-order valence-corrected chi connectivity index (χ2v) is 5.16. The molecule has 1 aromatic rings. The first-order chi connectivity index (χ1) is 9.08. The van der Waals surface area contributed by atoms with Gasteiger partial charge in [-0.25, -0.2) is 0 Å². The fourth-order valence-electron chi connectivity index (χ4n) is 2.70. The zero-order valence-electron chi connectivity index (χ0n) is 11.8. The largest absolute Gasteiger partial charge is 0.314 e. The molecular formula is C13H22N4O2. The topological polar surface area (TPSA) is 73.0 Å². The number of nitro groups is 1. The van der Waals surface area contributed by atoms with Gasteiger partial charge in [-0.3, -0.25) is 14.8 Å². The first-order valence-corrected chi connectivity index (χ1v) is 7.02.